The summed E-state index contributed by atoms with van der Waals surface area (Å²) >= 11 is 1.65. The van der Waals surface area contributed by atoms with E-state index in [9.17, 15) is 0 Å². The molecule has 0 aliphatic heterocycles. The molecule has 66 valence electrons. The standard InChI is InChI=1S/C9H8N3S.Rb/c1-6-9(13-7(2)12-6)8-3-4-10-5-11-8;/h3-4H,1-2H3;/q-1;+1. The van der Waals surface area contributed by atoms with Crippen molar-refractivity contribution in [3.63, 3.8) is 0 Å². The smallest absolute Gasteiger partial charge is 0.374 e. The van der Waals surface area contributed by atoms with Crippen molar-refractivity contribution < 1.29 is 58.2 Å². The van der Waals surface area contributed by atoms with E-state index in [1.54, 1.807) is 17.5 Å². The third-order valence-electron chi connectivity index (χ3n) is 1.67. The Labute approximate surface area is 136 Å². The SMILES string of the molecule is Cc1nc(C)c(-c2ccn[c-]n2)s1.[Rb+]. The summed E-state index contributed by atoms with van der Waals surface area (Å²) < 4.78 is 0. The Bertz CT molecular complexity index is 413. The molecule has 2 aromatic heterocycles. The zero-order valence-electron chi connectivity index (χ0n) is 8.40. The Morgan fingerprint density at radius 1 is 1.36 bits per heavy atom. The van der Waals surface area contributed by atoms with Crippen LogP contribution < -0.4 is 58.2 Å². The average molecular weight is 276 g/mol. The fourth-order valence-electron chi connectivity index (χ4n) is 1.16. The number of aromatic nitrogens is 3. The predicted octanol–water partition coefficient (Wildman–Crippen LogP) is -0.979. The third kappa shape index (κ3) is 2.76. The molecule has 2 rings (SSSR count). The van der Waals surface area contributed by atoms with E-state index in [1.165, 1.54) is 0 Å². The van der Waals surface area contributed by atoms with Crippen LogP contribution in [0, 0.1) is 20.2 Å². The van der Waals surface area contributed by atoms with Crippen molar-refractivity contribution in [2.45, 2.75) is 13.8 Å². The fraction of sp³-hybridized carbons (Fsp3) is 0.222. The fourth-order valence-corrected chi connectivity index (χ4v) is 2.05. The van der Waals surface area contributed by atoms with E-state index in [2.05, 4.69) is 21.3 Å². The first-order valence-electron chi connectivity index (χ1n) is 3.91. The van der Waals surface area contributed by atoms with Gasteiger partial charge in [0.25, 0.3) is 0 Å². The molecular formula is C9H8N3RbS. The summed E-state index contributed by atoms with van der Waals surface area (Å²) in [6.45, 7) is 3.98. The van der Waals surface area contributed by atoms with Crippen molar-refractivity contribution in [3.8, 4) is 10.6 Å². The number of thiazole rings is 1. The maximum Gasteiger partial charge on any atom is 1.00 e. The van der Waals surface area contributed by atoms with Crippen LogP contribution in [0.2, 0.25) is 0 Å². The quantitative estimate of drug-likeness (QED) is 0.628. The second-order valence-electron chi connectivity index (χ2n) is 2.69. The van der Waals surface area contributed by atoms with Gasteiger partial charge in [-0.3, -0.25) is 0 Å². The van der Waals surface area contributed by atoms with Gasteiger partial charge in [0.2, 0.25) is 0 Å². The van der Waals surface area contributed by atoms with Crippen LogP contribution in [-0.2, 0) is 0 Å². The van der Waals surface area contributed by atoms with E-state index in [0.29, 0.717) is 0 Å². The summed E-state index contributed by atoms with van der Waals surface area (Å²) in [5, 5.41) is 1.06. The van der Waals surface area contributed by atoms with Gasteiger partial charge >= 0.3 is 58.2 Å². The van der Waals surface area contributed by atoms with Gasteiger partial charge in [0, 0.05) is 16.9 Å². The number of aryl methyl sites for hydroxylation is 2. The van der Waals surface area contributed by atoms with Gasteiger partial charge < -0.3 is 9.97 Å². The van der Waals surface area contributed by atoms with Gasteiger partial charge in [-0.05, 0) is 19.5 Å². The summed E-state index contributed by atoms with van der Waals surface area (Å²) in [5.74, 6) is 0. The molecule has 5 heteroatoms. The molecule has 0 unspecified atom stereocenters. The van der Waals surface area contributed by atoms with Crippen LogP contribution >= 0.6 is 11.3 Å². The molecule has 0 aliphatic carbocycles. The first kappa shape index (κ1) is 12.6. The monoisotopic (exact) mass is 275 g/mol. The zero-order valence-corrected chi connectivity index (χ0v) is 14.1. The molecule has 0 fully saturated rings. The summed E-state index contributed by atoms with van der Waals surface area (Å²) in [5.41, 5.74) is 1.92. The Balaban J connectivity index is 0.000000980. The molecule has 0 atom stereocenters. The van der Waals surface area contributed by atoms with Crippen LogP contribution in [0.25, 0.3) is 10.6 Å². The third-order valence-corrected chi connectivity index (χ3v) is 2.77. The van der Waals surface area contributed by atoms with Gasteiger partial charge in [0.1, 0.15) is 0 Å². The molecule has 0 saturated carbocycles. The molecule has 0 bridgehead atoms. The largest absolute Gasteiger partial charge is 1.00 e. The molecule has 0 saturated heterocycles. The molecule has 0 radical (unpaired) electrons. The van der Waals surface area contributed by atoms with Crippen LogP contribution in [0.3, 0.4) is 0 Å². The van der Waals surface area contributed by atoms with E-state index in [0.717, 1.165) is 21.3 Å². The van der Waals surface area contributed by atoms with E-state index < -0.39 is 0 Å². The van der Waals surface area contributed by atoms with Crippen molar-refractivity contribution >= 4 is 11.3 Å². The summed E-state index contributed by atoms with van der Waals surface area (Å²) in [4.78, 5) is 13.3. The van der Waals surface area contributed by atoms with Crippen molar-refractivity contribution in [1.82, 2.24) is 15.0 Å². The number of hydrogen-bond acceptors (Lipinski definition) is 4. The van der Waals surface area contributed by atoms with Crippen LogP contribution in [0.5, 0.6) is 0 Å². The molecule has 0 aliphatic rings. The predicted molar refractivity (Wildman–Crippen MR) is 51.5 cm³/mol. The molecular weight excluding hydrogens is 268 g/mol. The number of rotatable bonds is 1. The molecule has 14 heavy (non-hydrogen) atoms. The normalized spacial score (nSPS) is 9.57. The Morgan fingerprint density at radius 3 is 2.64 bits per heavy atom. The van der Waals surface area contributed by atoms with Gasteiger partial charge in [0.15, 0.2) is 0 Å². The van der Waals surface area contributed by atoms with Crippen LogP contribution in [0.4, 0.5) is 0 Å². The molecule has 3 nitrogen and oxygen atoms in total. The zero-order chi connectivity index (χ0) is 9.26. The van der Waals surface area contributed by atoms with Crippen molar-refractivity contribution in [2.75, 3.05) is 0 Å². The van der Waals surface area contributed by atoms with Gasteiger partial charge in [0.05, 0.1) is 5.01 Å². The summed E-state index contributed by atoms with van der Waals surface area (Å²) in [6.07, 6.45) is 4.27. The Morgan fingerprint density at radius 2 is 2.14 bits per heavy atom. The molecule has 0 N–H and O–H groups in total. The van der Waals surface area contributed by atoms with Crippen LogP contribution in [-0.4, -0.2) is 15.0 Å². The minimum absolute atomic E-state index is 0. The topological polar surface area (TPSA) is 38.7 Å². The van der Waals surface area contributed by atoms with E-state index in [1.807, 2.05) is 19.9 Å². The van der Waals surface area contributed by atoms with Crippen molar-refractivity contribution in [2.24, 2.45) is 0 Å². The average Bonchev–Trinajstić information content (AvgIpc) is 2.47. The minimum atomic E-state index is 0. The minimum Gasteiger partial charge on any atom is -0.374 e. The van der Waals surface area contributed by atoms with Crippen molar-refractivity contribution in [3.05, 3.63) is 29.3 Å². The van der Waals surface area contributed by atoms with Crippen molar-refractivity contribution in [1.29, 1.82) is 0 Å². The van der Waals surface area contributed by atoms with E-state index in [-0.39, 0.29) is 58.2 Å². The number of nitrogens with zero attached hydrogens (tertiary/aromatic N) is 3. The van der Waals surface area contributed by atoms with E-state index in [4.69, 9.17) is 0 Å². The second kappa shape index (κ2) is 5.56. The molecule has 0 amide bonds. The second-order valence-corrected chi connectivity index (χ2v) is 3.89. The Kier molecular flexibility index (Phi) is 5.00. The van der Waals surface area contributed by atoms with E-state index >= 15 is 0 Å². The molecule has 0 spiro atoms. The maximum atomic E-state index is 4.33. The maximum absolute atomic E-state index is 4.33. The molecule has 0 aromatic carbocycles. The first-order valence-corrected chi connectivity index (χ1v) is 4.72. The first-order chi connectivity index (χ1) is 6.27. The van der Waals surface area contributed by atoms with Gasteiger partial charge in [-0.25, -0.2) is 4.98 Å². The Hall–Kier alpha value is 0.515. The van der Waals surface area contributed by atoms with Crippen LogP contribution in [0.15, 0.2) is 12.3 Å². The van der Waals surface area contributed by atoms with Gasteiger partial charge in [-0.2, -0.15) is 0 Å². The van der Waals surface area contributed by atoms with Crippen LogP contribution in [0.1, 0.15) is 10.7 Å². The summed E-state index contributed by atoms with van der Waals surface area (Å²) in [6, 6.07) is 1.87. The van der Waals surface area contributed by atoms with Gasteiger partial charge in [-0.1, -0.05) is 6.20 Å². The molecule has 2 aromatic rings. The molecule has 2 heterocycles. The van der Waals surface area contributed by atoms with Gasteiger partial charge in [-0.15, -0.1) is 17.4 Å². The summed E-state index contributed by atoms with van der Waals surface area (Å²) in [7, 11) is 0. The number of hydrogen-bond donors (Lipinski definition) is 0.